The first-order chi connectivity index (χ1) is 6.38. The van der Waals surface area contributed by atoms with Crippen molar-refractivity contribution in [2.75, 3.05) is 0 Å². The van der Waals surface area contributed by atoms with E-state index in [9.17, 15) is 0 Å². The van der Waals surface area contributed by atoms with Crippen molar-refractivity contribution in [1.82, 2.24) is 0 Å². The van der Waals surface area contributed by atoms with Gasteiger partial charge in [0.05, 0.1) is 0 Å². The fourth-order valence-electron chi connectivity index (χ4n) is 1.27. The normalized spacial score (nSPS) is 13.3. The number of hydrogen-bond acceptors (Lipinski definition) is 0. The van der Waals surface area contributed by atoms with Crippen LogP contribution in [-0.4, -0.2) is 0 Å². The van der Waals surface area contributed by atoms with E-state index in [2.05, 4.69) is 55.5 Å². The summed E-state index contributed by atoms with van der Waals surface area (Å²) >= 11 is 0. The average molecular weight is 273 g/mol. The Hall–Kier alpha value is -0.547. The Kier molecular flexibility index (Phi) is 7.51. The minimum atomic E-state index is 0. The Morgan fingerprint density at radius 2 is 1.57 bits per heavy atom. The van der Waals surface area contributed by atoms with Crippen LogP contribution in [0.5, 0.6) is 0 Å². The fraction of sp³-hybridized carbons (Fsp3) is 0.231. The zero-order valence-corrected chi connectivity index (χ0v) is 10.2. The maximum absolute atomic E-state index is 3.49. The smallest absolute Gasteiger partial charge is 0.344 e. The molecular formula is C13H16Ru. The third kappa shape index (κ3) is 4.11. The molecule has 0 unspecified atom stereocenters. The van der Waals surface area contributed by atoms with Crippen LogP contribution in [0.2, 0.25) is 0 Å². The average Bonchev–Trinajstić information content (AvgIpc) is 2.78. The van der Waals surface area contributed by atoms with Crippen molar-refractivity contribution in [3.63, 3.8) is 0 Å². The molecular weight excluding hydrogens is 257 g/mol. The third-order valence-electron chi connectivity index (χ3n) is 1.82. The molecule has 1 aliphatic rings. The summed E-state index contributed by atoms with van der Waals surface area (Å²) in [5, 5.41) is 0. The molecule has 0 saturated carbocycles. The molecule has 0 aliphatic heterocycles. The summed E-state index contributed by atoms with van der Waals surface area (Å²) in [5.74, 6) is 0.537. The molecule has 0 spiro atoms. The Labute approximate surface area is 99.8 Å². The van der Waals surface area contributed by atoms with Gasteiger partial charge in [-0.2, -0.15) is 18.6 Å². The molecule has 0 radical (unpaired) electrons. The Morgan fingerprint density at radius 3 is 2.00 bits per heavy atom. The molecule has 2 rings (SSSR count). The standard InChI is InChI=1S/C10H9.C3H7.Ru/c1-2-6-9(5-1)10-7-3-4-8-10;1-3-2;/h1-9H;1,3H2,2H3;/q2*-1;+2. The van der Waals surface area contributed by atoms with Gasteiger partial charge in [-0.05, 0) is 5.92 Å². The van der Waals surface area contributed by atoms with Gasteiger partial charge in [0.25, 0.3) is 0 Å². The molecule has 0 fully saturated rings. The van der Waals surface area contributed by atoms with Gasteiger partial charge in [0.1, 0.15) is 0 Å². The van der Waals surface area contributed by atoms with Crippen LogP contribution >= 0.6 is 0 Å². The first-order valence-electron chi connectivity index (χ1n) is 4.74. The van der Waals surface area contributed by atoms with Crippen LogP contribution in [0.25, 0.3) is 0 Å². The second-order valence-corrected chi connectivity index (χ2v) is 3.01. The molecule has 0 aromatic heterocycles. The molecule has 76 valence electrons. The quantitative estimate of drug-likeness (QED) is 0.538. The van der Waals surface area contributed by atoms with Crippen molar-refractivity contribution in [2.24, 2.45) is 0 Å². The van der Waals surface area contributed by atoms with Crippen molar-refractivity contribution in [2.45, 2.75) is 19.3 Å². The number of rotatable bonds is 1. The van der Waals surface area contributed by atoms with Crippen molar-refractivity contribution < 1.29 is 19.5 Å². The minimum absolute atomic E-state index is 0. The molecule has 0 nitrogen and oxygen atoms in total. The van der Waals surface area contributed by atoms with E-state index in [4.69, 9.17) is 0 Å². The number of allylic oxidation sites excluding steroid dienone is 4. The third-order valence-corrected chi connectivity index (χ3v) is 1.82. The van der Waals surface area contributed by atoms with Crippen LogP contribution in [-0.2, 0) is 19.5 Å². The zero-order chi connectivity index (χ0) is 9.52. The molecule has 0 heterocycles. The van der Waals surface area contributed by atoms with E-state index in [0.717, 1.165) is 6.42 Å². The van der Waals surface area contributed by atoms with Gasteiger partial charge >= 0.3 is 19.5 Å². The Bertz CT molecular complexity index is 255. The summed E-state index contributed by atoms with van der Waals surface area (Å²) in [6, 6.07) is 8.47. The van der Waals surface area contributed by atoms with Crippen molar-refractivity contribution >= 4 is 0 Å². The molecule has 0 amide bonds. The summed E-state index contributed by atoms with van der Waals surface area (Å²) in [6.07, 6.45) is 9.60. The Balaban J connectivity index is 0.000000381. The van der Waals surface area contributed by atoms with Crippen LogP contribution in [0.4, 0.5) is 0 Å². The summed E-state index contributed by atoms with van der Waals surface area (Å²) < 4.78 is 0. The first kappa shape index (κ1) is 13.5. The van der Waals surface area contributed by atoms with E-state index in [-0.39, 0.29) is 19.5 Å². The van der Waals surface area contributed by atoms with Gasteiger partial charge in [-0.3, -0.25) is 0 Å². The minimum Gasteiger partial charge on any atom is -0.344 e. The topological polar surface area (TPSA) is 0 Å². The van der Waals surface area contributed by atoms with E-state index in [0.29, 0.717) is 5.92 Å². The molecule has 0 bridgehead atoms. The fourth-order valence-corrected chi connectivity index (χ4v) is 1.27. The van der Waals surface area contributed by atoms with Crippen LogP contribution < -0.4 is 0 Å². The molecule has 1 aromatic carbocycles. The molecule has 1 aliphatic carbocycles. The second-order valence-electron chi connectivity index (χ2n) is 3.01. The van der Waals surface area contributed by atoms with Gasteiger partial charge in [0.15, 0.2) is 0 Å². The SMILES string of the molecule is C1=CC([c-]2cccc2)C=C1.[CH2-]CC.[Ru+2]. The monoisotopic (exact) mass is 274 g/mol. The van der Waals surface area contributed by atoms with Crippen LogP contribution in [0.1, 0.15) is 24.8 Å². The van der Waals surface area contributed by atoms with Gasteiger partial charge in [0, 0.05) is 0 Å². The van der Waals surface area contributed by atoms with Crippen molar-refractivity contribution in [3.8, 4) is 0 Å². The largest absolute Gasteiger partial charge is 2.00 e. The summed E-state index contributed by atoms with van der Waals surface area (Å²) in [6.45, 7) is 5.50. The van der Waals surface area contributed by atoms with E-state index >= 15 is 0 Å². The summed E-state index contributed by atoms with van der Waals surface area (Å²) in [5.41, 5.74) is 1.39. The zero-order valence-electron chi connectivity index (χ0n) is 8.46. The molecule has 14 heavy (non-hydrogen) atoms. The van der Waals surface area contributed by atoms with E-state index in [1.54, 1.807) is 0 Å². The molecule has 0 atom stereocenters. The van der Waals surface area contributed by atoms with Gasteiger partial charge in [-0.15, -0.1) is 5.56 Å². The molecule has 0 N–H and O–H groups in total. The van der Waals surface area contributed by atoms with Gasteiger partial charge in [-0.25, -0.2) is 12.1 Å². The van der Waals surface area contributed by atoms with Crippen LogP contribution in [0.3, 0.4) is 0 Å². The maximum atomic E-state index is 3.49. The summed E-state index contributed by atoms with van der Waals surface area (Å²) in [7, 11) is 0. The van der Waals surface area contributed by atoms with E-state index in [1.165, 1.54) is 5.56 Å². The predicted molar refractivity (Wildman–Crippen MR) is 58.7 cm³/mol. The molecule has 0 saturated heterocycles. The second kappa shape index (κ2) is 7.82. The van der Waals surface area contributed by atoms with Crippen LogP contribution in [0.15, 0.2) is 48.6 Å². The van der Waals surface area contributed by atoms with Gasteiger partial charge < -0.3 is 6.92 Å². The van der Waals surface area contributed by atoms with Gasteiger partial charge in [0.2, 0.25) is 0 Å². The van der Waals surface area contributed by atoms with Crippen molar-refractivity contribution in [1.29, 1.82) is 0 Å². The van der Waals surface area contributed by atoms with E-state index in [1.807, 2.05) is 6.92 Å². The van der Waals surface area contributed by atoms with Crippen LogP contribution in [0, 0.1) is 6.92 Å². The van der Waals surface area contributed by atoms with Gasteiger partial charge in [-0.1, -0.05) is 31.2 Å². The first-order valence-corrected chi connectivity index (χ1v) is 4.74. The number of hydrogen-bond donors (Lipinski definition) is 0. The summed E-state index contributed by atoms with van der Waals surface area (Å²) in [4.78, 5) is 0. The predicted octanol–water partition coefficient (Wildman–Crippen LogP) is 3.84. The molecule has 1 aromatic rings. The van der Waals surface area contributed by atoms with E-state index < -0.39 is 0 Å². The van der Waals surface area contributed by atoms with Crippen molar-refractivity contribution in [3.05, 3.63) is 61.1 Å². The Morgan fingerprint density at radius 1 is 1.14 bits per heavy atom. The molecule has 1 heteroatoms. The maximum Gasteiger partial charge on any atom is 2.00 e.